The van der Waals surface area contributed by atoms with Gasteiger partial charge in [-0.3, -0.25) is 4.79 Å². The Hall–Kier alpha value is -3.73. The Morgan fingerprint density at radius 3 is 2.50 bits per heavy atom. The minimum absolute atomic E-state index is 0.122. The Labute approximate surface area is 174 Å². The fourth-order valence-corrected chi connectivity index (χ4v) is 3.13. The van der Waals surface area contributed by atoms with Crippen LogP contribution in [0.1, 0.15) is 11.1 Å². The lowest BCUT2D eigenvalue weighted by atomic mass is 10.1. The van der Waals surface area contributed by atoms with Crippen LogP contribution in [0.3, 0.4) is 0 Å². The van der Waals surface area contributed by atoms with E-state index in [2.05, 4.69) is 5.32 Å². The van der Waals surface area contributed by atoms with Crippen LogP contribution in [-0.4, -0.2) is 17.5 Å². The number of hydrogen-bond acceptors (Lipinski definition) is 3. The van der Waals surface area contributed by atoms with Gasteiger partial charge in [-0.1, -0.05) is 54.1 Å². The molecule has 5 heteroatoms. The Kier molecular flexibility index (Phi) is 5.70. The van der Waals surface area contributed by atoms with Crippen molar-refractivity contribution in [1.82, 2.24) is 10.3 Å². The molecule has 0 spiro atoms. The molecule has 1 amide bonds. The molecule has 0 aliphatic heterocycles. The van der Waals surface area contributed by atoms with Crippen molar-refractivity contribution in [3.63, 3.8) is 0 Å². The lowest BCUT2D eigenvalue weighted by Crippen LogP contribution is -2.28. The van der Waals surface area contributed by atoms with Gasteiger partial charge in [0.15, 0.2) is 6.61 Å². The minimum atomic E-state index is -0.303. The number of ether oxygens (including phenoxy) is 1. The van der Waals surface area contributed by atoms with E-state index in [1.807, 2.05) is 61.5 Å². The molecule has 3 aromatic carbocycles. The topological polar surface area (TPSA) is 51.2 Å². The van der Waals surface area contributed by atoms with Gasteiger partial charge >= 0.3 is 0 Å². The van der Waals surface area contributed by atoms with Crippen molar-refractivity contribution < 1.29 is 13.9 Å². The highest BCUT2D eigenvalue weighted by Crippen LogP contribution is 2.30. The van der Waals surface area contributed by atoms with Crippen molar-refractivity contribution in [3.05, 3.63) is 95.8 Å². The second-order valence-electron chi connectivity index (χ2n) is 7.08. The summed E-state index contributed by atoms with van der Waals surface area (Å²) in [5, 5.41) is 3.63. The van der Waals surface area contributed by atoms with Crippen LogP contribution in [0.2, 0.25) is 0 Å². The third kappa shape index (κ3) is 4.63. The van der Waals surface area contributed by atoms with E-state index < -0.39 is 0 Å². The SMILES string of the molecule is Cc1ccc(-c2cc(OCC(=O)NCc3ccc(F)cc3)c3ccccc3n2)cc1. The maximum Gasteiger partial charge on any atom is 0.258 e. The average molecular weight is 400 g/mol. The van der Waals surface area contributed by atoms with E-state index in [9.17, 15) is 9.18 Å². The fraction of sp³-hybridized carbons (Fsp3) is 0.120. The summed E-state index contributed by atoms with van der Waals surface area (Å²) in [5.74, 6) is 0.0487. The summed E-state index contributed by atoms with van der Waals surface area (Å²) in [7, 11) is 0. The second-order valence-corrected chi connectivity index (χ2v) is 7.08. The zero-order valence-corrected chi connectivity index (χ0v) is 16.6. The van der Waals surface area contributed by atoms with E-state index in [1.54, 1.807) is 12.1 Å². The van der Waals surface area contributed by atoms with E-state index in [1.165, 1.54) is 17.7 Å². The largest absolute Gasteiger partial charge is 0.483 e. The van der Waals surface area contributed by atoms with Crippen molar-refractivity contribution in [1.29, 1.82) is 0 Å². The predicted molar refractivity (Wildman–Crippen MR) is 116 cm³/mol. The molecule has 4 rings (SSSR count). The number of benzene rings is 3. The van der Waals surface area contributed by atoms with Gasteiger partial charge in [0.2, 0.25) is 0 Å². The minimum Gasteiger partial charge on any atom is -0.483 e. The molecule has 0 atom stereocenters. The summed E-state index contributed by atoms with van der Waals surface area (Å²) in [4.78, 5) is 17.0. The highest BCUT2D eigenvalue weighted by Gasteiger charge is 2.10. The molecule has 30 heavy (non-hydrogen) atoms. The van der Waals surface area contributed by atoms with Crippen molar-refractivity contribution in [2.75, 3.05) is 6.61 Å². The number of fused-ring (bicyclic) bond motifs is 1. The first-order valence-electron chi connectivity index (χ1n) is 9.69. The molecule has 0 bridgehead atoms. The molecule has 0 unspecified atom stereocenters. The molecule has 1 aromatic heterocycles. The zero-order valence-electron chi connectivity index (χ0n) is 16.6. The number of halogens is 1. The maximum atomic E-state index is 13.0. The van der Waals surface area contributed by atoms with Crippen molar-refractivity contribution in [2.24, 2.45) is 0 Å². The van der Waals surface area contributed by atoms with Gasteiger partial charge in [-0.2, -0.15) is 0 Å². The van der Waals surface area contributed by atoms with E-state index >= 15 is 0 Å². The van der Waals surface area contributed by atoms with Crippen molar-refractivity contribution >= 4 is 16.8 Å². The quantitative estimate of drug-likeness (QED) is 0.493. The summed E-state index contributed by atoms with van der Waals surface area (Å²) in [6, 6.07) is 23.7. The van der Waals surface area contributed by atoms with Gasteiger partial charge in [0.25, 0.3) is 5.91 Å². The first-order valence-corrected chi connectivity index (χ1v) is 9.69. The number of amides is 1. The van der Waals surface area contributed by atoms with Gasteiger partial charge in [-0.05, 0) is 36.8 Å². The maximum absolute atomic E-state index is 13.0. The Morgan fingerprint density at radius 1 is 1.00 bits per heavy atom. The normalized spacial score (nSPS) is 10.7. The standard InChI is InChI=1S/C25H21FN2O2/c1-17-6-10-19(11-7-17)23-14-24(21-4-2-3-5-22(21)28-23)30-16-25(29)27-15-18-8-12-20(26)13-9-18/h2-14H,15-16H2,1H3,(H,27,29). The molecule has 4 aromatic rings. The Balaban J connectivity index is 1.50. The van der Waals surface area contributed by atoms with Gasteiger partial charge in [0, 0.05) is 23.6 Å². The van der Waals surface area contributed by atoms with E-state index in [-0.39, 0.29) is 18.3 Å². The van der Waals surface area contributed by atoms with Crippen LogP contribution in [0.25, 0.3) is 22.2 Å². The highest BCUT2D eigenvalue weighted by atomic mass is 19.1. The number of aryl methyl sites for hydroxylation is 1. The summed E-state index contributed by atoms with van der Waals surface area (Å²) in [6.07, 6.45) is 0. The monoisotopic (exact) mass is 400 g/mol. The first-order chi connectivity index (χ1) is 14.6. The zero-order chi connectivity index (χ0) is 20.9. The van der Waals surface area contributed by atoms with Gasteiger partial charge < -0.3 is 10.1 Å². The summed E-state index contributed by atoms with van der Waals surface area (Å²) in [6.45, 7) is 2.23. The molecule has 1 heterocycles. The number of nitrogens with zero attached hydrogens (tertiary/aromatic N) is 1. The number of pyridine rings is 1. The van der Waals surface area contributed by atoms with Crippen LogP contribution in [0.4, 0.5) is 4.39 Å². The second kappa shape index (κ2) is 8.74. The molecular formula is C25H21FN2O2. The first kappa shape index (κ1) is 19.6. The molecule has 4 nitrogen and oxygen atoms in total. The fourth-order valence-electron chi connectivity index (χ4n) is 3.13. The molecule has 0 aliphatic carbocycles. The van der Waals surface area contributed by atoms with Crippen LogP contribution >= 0.6 is 0 Å². The molecule has 0 saturated carbocycles. The Bertz CT molecular complexity index is 1170. The number of hydrogen-bond donors (Lipinski definition) is 1. The van der Waals surface area contributed by atoms with Gasteiger partial charge in [-0.15, -0.1) is 0 Å². The molecule has 0 radical (unpaired) electrons. The highest BCUT2D eigenvalue weighted by molar-refractivity contribution is 5.88. The average Bonchev–Trinajstić information content (AvgIpc) is 2.77. The van der Waals surface area contributed by atoms with Crippen molar-refractivity contribution in [2.45, 2.75) is 13.5 Å². The van der Waals surface area contributed by atoms with Gasteiger partial charge in [-0.25, -0.2) is 9.37 Å². The van der Waals surface area contributed by atoms with Gasteiger partial charge in [0.05, 0.1) is 11.2 Å². The lowest BCUT2D eigenvalue weighted by Gasteiger charge is -2.12. The number of nitrogens with one attached hydrogen (secondary N) is 1. The number of carbonyl (C=O) groups is 1. The summed E-state index contributed by atoms with van der Waals surface area (Å²) >= 11 is 0. The Morgan fingerprint density at radius 2 is 1.73 bits per heavy atom. The molecule has 0 aliphatic rings. The third-order valence-corrected chi connectivity index (χ3v) is 4.79. The van der Waals surface area contributed by atoms with Crippen LogP contribution in [0.5, 0.6) is 5.75 Å². The van der Waals surface area contributed by atoms with Crippen LogP contribution < -0.4 is 10.1 Å². The summed E-state index contributed by atoms with van der Waals surface area (Å²) in [5.41, 5.74) is 4.57. The number of rotatable bonds is 6. The molecule has 0 fully saturated rings. The van der Waals surface area contributed by atoms with E-state index in [0.717, 1.165) is 27.7 Å². The van der Waals surface area contributed by atoms with Crippen molar-refractivity contribution in [3.8, 4) is 17.0 Å². The predicted octanol–water partition coefficient (Wildman–Crippen LogP) is 5.04. The smallest absolute Gasteiger partial charge is 0.258 e. The van der Waals surface area contributed by atoms with E-state index in [4.69, 9.17) is 9.72 Å². The number of para-hydroxylation sites is 1. The van der Waals surface area contributed by atoms with Gasteiger partial charge in [0.1, 0.15) is 11.6 Å². The molecule has 0 saturated heterocycles. The molecule has 1 N–H and O–H groups in total. The summed E-state index contributed by atoms with van der Waals surface area (Å²) < 4.78 is 18.8. The van der Waals surface area contributed by atoms with Crippen LogP contribution in [-0.2, 0) is 11.3 Å². The van der Waals surface area contributed by atoms with E-state index in [0.29, 0.717) is 12.3 Å². The number of carbonyl (C=O) groups excluding carboxylic acids is 1. The van der Waals surface area contributed by atoms with Crippen LogP contribution in [0.15, 0.2) is 78.9 Å². The number of aromatic nitrogens is 1. The third-order valence-electron chi connectivity index (χ3n) is 4.79. The molecular weight excluding hydrogens is 379 g/mol. The lowest BCUT2D eigenvalue weighted by molar-refractivity contribution is -0.123. The van der Waals surface area contributed by atoms with Crippen LogP contribution in [0, 0.1) is 12.7 Å². The molecule has 150 valence electrons.